The van der Waals surface area contributed by atoms with Gasteiger partial charge in [0.1, 0.15) is 11.4 Å². The summed E-state index contributed by atoms with van der Waals surface area (Å²) in [6, 6.07) is 1.45. The highest BCUT2D eigenvalue weighted by molar-refractivity contribution is 5.66. The number of halogens is 4. The molecule has 1 aliphatic rings. The minimum absolute atomic E-state index is 0.0630. The molecule has 0 saturated carbocycles. The smallest absolute Gasteiger partial charge is 0.388 e. The number of nitrogens with one attached hydrogen (secondary N) is 3. The predicted molar refractivity (Wildman–Crippen MR) is 90.7 cm³/mol. The second kappa shape index (κ2) is 7.34. The Labute approximate surface area is 152 Å². The third-order valence-corrected chi connectivity index (χ3v) is 4.94. The summed E-state index contributed by atoms with van der Waals surface area (Å²) in [6.45, 7) is 5.36. The van der Waals surface area contributed by atoms with Crippen molar-refractivity contribution in [2.24, 2.45) is 11.8 Å². The molecule has 1 aromatic heterocycles. The molecule has 10 heteroatoms. The lowest BCUT2D eigenvalue weighted by Gasteiger charge is -2.35. The number of aromatic amines is 1. The fraction of sp³-hybridized carbons (Fsp3) is 0.529. The third-order valence-electron chi connectivity index (χ3n) is 4.94. The van der Waals surface area contributed by atoms with Gasteiger partial charge in [0.05, 0.1) is 5.69 Å². The van der Waals surface area contributed by atoms with E-state index in [1.54, 1.807) is 6.92 Å². The number of H-pyrrole nitrogens is 1. The van der Waals surface area contributed by atoms with Crippen LogP contribution in [0, 0.1) is 17.7 Å². The van der Waals surface area contributed by atoms with Crippen LogP contribution in [0.4, 0.5) is 23.2 Å². The number of anilines is 1. The summed E-state index contributed by atoms with van der Waals surface area (Å²) in [5, 5.41) is 11.6. The molecule has 2 heterocycles. The van der Waals surface area contributed by atoms with Crippen LogP contribution in [0.25, 0.3) is 11.5 Å². The number of hydrogen-bond acceptors (Lipinski definition) is 5. The molecule has 1 fully saturated rings. The second-order valence-corrected chi connectivity index (χ2v) is 6.86. The number of hydrogen-bond donors (Lipinski definition) is 3. The standard InChI is InChI=1S/C17H20F4N4O2/c1-8-7-22-4-3-11(8)9(2)23-13-6-10(15-24-25-16(26)27-15)5-12(18)14(13)17(19,20)21/h5-6,8-9,11,22-23H,3-4,7H2,1-2H3,(H,25,26)/t8-,9-,11+/m0/s1. The van der Waals surface area contributed by atoms with Crippen LogP contribution < -0.4 is 16.4 Å². The van der Waals surface area contributed by atoms with Crippen molar-refractivity contribution in [3.63, 3.8) is 0 Å². The van der Waals surface area contributed by atoms with Crippen LogP contribution in [0.3, 0.4) is 0 Å². The van der Waals surface area contributed by atoms with E-state index >= 15 is 0 Å². The molecule has 3 atom stereocenters. The number of aromatic nitrogens is 2. The van der Waals surface area contributed by atoms with E-state index in [1.807, 2.05) is 12.0 Å². The van der Waals surface area contributed by atoms with Crippen molar-refractivity contribution in [1.29, 1.82) is 0 Å². The highest BCUT2D eigenvalue weighted by Crippen LogP contribution is 2.40. The van der Waals surface area contributed by atoms with Crippen LogP contribution in [0.15, 0.2) is 21.3 Å². The molecule has 0 amide bonds. The first-order valence-corrected chi connectivity index (χ1v) is 8.60. The van der Waals surface area contributed by atoms with Crippen molar-refractivity contribution in [2.75, 3.05) is 18.4 Å². The van der Waals surface area contributed by atoms with E-state index in [0.717, 1.165) is 25.6 Å². The van der Waals surface area contributed by atoms with Crippen LogP contribution in [-0.4, -0.2) is 29.3 Å². The Kier molecular flexibility index (Phi) is 5.27. The van der Waals surface area contributed by atoms with Crippen LogP contribution in [0.2, 0.25) is 0 Å². The maximum Gasteiger partial charge on any atom is 0.434 e. The molecule has 0 radical (unpaired) electrons. The van der Waals surface area contributed by atoms with Crippen LogP contribution in [-0.2, 0) is 6.18 Å². The van der Waals surface area contributed by atoms with E-state index in [4.69, 9.17) is 4.42 Å². The van der Waals surface area contributed by atoms with Crippen molar-refractivity contribution in [1.82, 2.24) is 15.5 Å². The van der Waals surface area contributed by atoms with Gasteiger partial charge in [-0.15, -0.1) is 5.10 Å². The van der Waals surface area contributed by atoms with E-state index in [9.17, 15) is 22.4 Å². The molecule has 0 spiro atoms. The molecule has 0 unspecified atom stereocenters. The highest BCUT2D eigenvalue weighted by atomic mass is 19.4. The third kappa shape index (κ3) is 4.15. The van der Waals surface area contributed by atoms with Crippen molar-refractivity contribution in [3.05, 3.63) is 34.1 Å². The molecule has 0 bridgehead atoms. The summed E-state index contributed by atoms with van der Waals surface area (Å²) in [4.78, 5) is 11.1. The molecule has 0 aliphatic carbocycles. The largest absolute Gasteiger partial charge is 0.434 e. The van der Waals surface area contributed by atoms with Gasteiger partial charge in [-0.2, -0.15) is 13.2 Å². The maximum absolute atomic E-state index is 14.3. The minimum atomic E-state index is -4.88. The summed E-state index contributed by atoms with van der Waals surface area (Å²) in [7, 11) is 0. The number of rotatable bonds is 4. The molecule has 2 aromatic rings. The van der Waals surface area contributed by atoms with Gasteiger partial charge in [-0.25, -0.2) is 14.3 Å². The first-order valence-electron chi connectivity index (χ1n) is 8.60. The normalized spacial score (nSPS) is 21.9. The molecule has 1 aliphatic heterocycles. The van der Waals surface area contributed by atoms with Crippen molar-refractivity contribution in [3.8, 4) is 11.5 Å². The summed E-state index contributed by atoms with van der Waals surface area (Å²) >= 11 is 0. The average molecular weight is 388 g/mol. The molecule has 3 N–H and O–H groups in total. The molecular weight excluding hydrogens is 368 g/mol. The molecule has 148 valence electrons. The first-order chi connectivity index (χ1) is 12.7. The lowest BCUT2D eigenvalue weighted by molar-refractivity contribution is -0.139. The van der Waals surface area contributed by atoms with Crippen LogP contribution in [0.1, 0.15) is 25.8 Å². The Morgan fingerprint density at radius 2 is 2.11 bits per heavy atom. The van der Waals surface area contributed by atoms with E-state index in [-0.39, 0.29) is 29.3 Å². The fourth-order valence-electron chi connectivity index (χ4n) is 3.61. The molecule has 3 rings (SSSR count). The zero-order valence-electron chi connectivity index (χ0n) is 14.8. The Morgan fingerprint density at radius 3 is 2.70 bits per heavy atom. The van der Waals surface area contributed by atoms with Gasteiger partial charge in [0.15, 0.2) is 0 Å². The maximum atomic E-state index is 14.3. The molecule has 6 nitrogen and oxygen atoms in total. The van der Waals surface area contributed by atoms with Crippen molar-refractivity contribution >= 4 is 5.69 Å². The topological polar surface area (TPSA) is 83.0 Å². The quantitative estimate of drug-likeness (QED) is 0.701. The van der Waals surface area contributed by atoms with Gasteiger partial charge in [0.2, 0.25) is 5.89 Å². The van der Waals surface area contributed by atoms with Gasteiger partial charge < -0.3 is 15.1 Å². The second-order valence-electron chi connectivity index (χ2n) is 6.86. The Bertz CT molecular complexity index is 861. The molecule has 1 aromatic carbocycles. The summed E-state index contributed by atoms with van der Waals surface area (Å²) < 4.78 is 59.4. The van der Waals surface area contributed by atoms with Gasteiger partial charge in [0, 0.05) is 11.6 Å². The average Bonchev–Trinajstić information content (AvgIpc) is 3.00. The number of piperidine rings is 1. The van der Waals surface area contributed by atoms with Gasteiger partial charge in [-0.3, -0.25) is 0 Å². The van der Waals surface area contributed by atoms with Gasteiger partial charge in [0.25, 0.3) is 0 Å². The zero-order chi connectivity index (χ0) is 19.8. The van der Waals surface area contributed by atoms with Crippen molar-refractivity contribution < 1.29 is 22.0 Å². The van der Waals surface area contributed by atoms with Gasteiger partial charge in [-0.05, 0) is 50.4 Å². The Balaban J connectivity index is 2.00. The van der Waals surface area contributed by atoms with E-state index in [1.165, 1.54) is 0 Å². The first kappa shape index (κ1) is 19.4. The minimum Gasteiger partial charge on any atom is -0.388 e. The Hall–Kier alpha value is -2.36. The summed E-state index contributed by atoms with van der Waals surface area (Å²) in [6.07, 6.45) is -4.08. The monoisotopic (exact) mass is 388 g/mol. The Morgan fingerprint density at radius 1 is 1.37 bits per heavy atom. The highest BCUT2D eigenvalue weighted by Gasteiger charge is 2.39. The predicted octanol–water partition coefficient (Wildman–Crippen LogP) is 3.23. The summed E-state index contributed by atoms with van der Waals surface area (Å²) in [5.41, 5.74) is -1.84. The number of benzene rings is 1. The number of nitrogens with zero attached hydrogens (tertiary/aromatic N) is 1. The van der Waals surface area contributed by atoms with Gasteiger partial charge >= 0.3 is 11.9 Å². The zero-order valence-corrected chi connectivity index (χ0v) is 14.8. The van der Waals surface area contributed by atoms with E-state index in [0.29, 0.717) is 6.07 Å². The lowest BCUT2D eigenvalue weighted by atomic mass is 9.82. The van der Waals surface area contributed by atoms with Crippen molar-refractivity contribution in [2.45, 2.75) is 32.5 Å². The molecule has 27 heavy (non-hydrogen) atoms. The van der Waals surface area contributed by atoms with Gasteiger partial charge in [-0.1, -0.05) is 6.92 Å². The van der Waals surface area contributed by atoms with Crippen LogP contribution in [0.5, 0.6) is 0 Å². The number of alkyl halides is 3. The molecule has 1 saturated heterocycles. The molecular formula is C17H20F4N4O2. The van der Waals surface area contributed by atoms with E-state index in [2.05, 4.69) is 15.7 Å². The lowest BCUT2D eigenvalue weighted by Crippen LogP contribution is -2.42. The van der Waals surface area contributed by atoms with E-state index < -0.39 is 29.0 Å². The fourth-order valence-corrected chi connectivity index (χ4v) is 3.61. The summed E-state index contributed by atoms with van der Waals surface area (Å²) in [5.74, 6) is -2.23. The van der Waals surface area contributed by atoms with Crippen LogP contribution >= 0.6 is 0 Å². The SMILES string of the molecule is C[C@H](Nc1cc(-c2n[nH]c(=O)o2)cc(F)c1C(F)(F)F)[C@@H]1CCNC[C@@H]1C.